The fourth-order valence-corrected chi connectivity index (χ4v) is 1.73. The molecule has 0 atom stereocenters. The maximum absolute atomic E-state index is 5.05. The van der Waals surface area contributed by atoms with Crippen molar-refractivity contribution >= 4 is 17.0 Å². The van der Waals surface area contributed by atoms with Crippen molar-refractivity contribution in [1.82, 2.24) is 10.1 Å². The van der Waals surface area contributed by atoms with Crippen molar-refractivity contribution in [2.45, 2.75) is 19.9 Å². The van der Waals surface area contributed by atoms with Crippen molar-refractivity contribution in [1.29, 1.82) is 0 Å². The summed E-state index contributed by atoms with van der Waals surface area (Å²) in [5.41, 5.74) is 3.82. The van der Waals surface area contributed by atoms with Gasteiger partial charge in [-0.3, -0.25) is 0 Å². The Labute approximate surface area is 86.0 Å². The Morgan fingerprint density at radius 1 is 1.57 bits per heavy atom. The molecule has 0 saturated carbocycles. The van der Waals surface area contributed by atoms with Gasteiger partial charge in [0.1, 0.15) is 0 Å². The molecule has 0 fully saturated rings. The molecule has 0 aliphatic rings. The standard InChI is InChI=1S/C9H11N3OS/c1-2-9-8(4-12-13-9)10-3-7-5-14-6-11-7/h4-6,10H,2-3H2,1H3. The molecule has 0 amide bonds. The second-order valence-electron chi connectivity index (χ2n) is 2.85. The van der Waals surface area contributed by atoms with Gasteiger partial charge >= 0.3 is 0 Å². The summed E-state index contributed by atoms with van der Waals surface area (Å²) in [5.74, 6) is 0.889. The second-order valence-corrected chi connectivity index (χ2v) is 3.57. The summed E-state index contributed by atoms with van der Waals surface area (Å²) in [6.07, 6.45) is 2.55. The van der Waals surface area contributed by atoms with Crippen LogP contribution in [0, 0.1) is 0 Å². The van der Waals surface area contributed by atoms with E-state index >= 15 is 0 Å². The van der Waals surface area contributed by atoms with Crippen LogP contribution < -0.4 is 5.32 Å². The van der Waals surface area contributed by atoms with Gasteiger partial charge in [-0.05, 0) is 0 Å². The van der Waals surface area contributed by atoms with E-state index in [1.807, 2.05) is 17.8 Å². The van der Waals surface area contributed by atoms with Crippen LogP contribution in [0.1, 0.15) is 18.4 Å². The number of hydrogen-bond donors (Lipinski definition) is 1. The molecule has 0 aliphatic heterocycles. The van der Waals surface area contributed by atoms with Crippen molar-refractivity contribution in [3.05, 3.63) is 28.5 Å². The van der Waals surface area contributed by atoms with Gasteiger partial charge in [0.05, 0.1) is 29.6 Å². The summed E-state index contributed by atoms with van der Waals surface area (Å²) < 4.78 is 5.05. The molecular formula is C9H11N3OS. The lowest BCUT2D eigenvalue weighted by Gasteiger charge is -2.01. The highest BCUT2D eigenvalue weighted by Crippen LogP contribution is 2.15. The van der Waals surface area contributed by atoms with Crippen LogP contribution >= 0.6 is 11.3 Å². The van der Waals surface area contributed by atoms with Crippen molar-refractivity contribution in [3.8, 4) is 0 Å². The van der Waals surface area contributed by atoms with Crippen LogP contribution in [-0.4, -0.2) is 10.1 Å². The van der Waals surface area contributed by atoms with Crippen LogP contribution in [0.25, 0.3) is 0 Å². The maximum atomic E-state index is 5.05. The van der Waals surface area contributed by atoms with E-state index in [0.29, 0.717) is 0 Å². The third-order valence-corrected chi connectivity index (χ3v) is 2.54. The topological polar surface area (TPSA) is 51.0 Å². The Kier molecular flexibility index (Phi) is 2.78. The molecule has 2 heterocycles. The first-order chi connectivity index (χ1) is 6.90. The van der Waals surface area contributed by atoms with Gasteiger partial charge in [-0.1, -0.05) is 12.1 Å². The van der Waals surface area contributed by atoms with Crippen LogP contribution in [0.4, 0.5) is 5.69 Å². The molecule has 2 aromatic heterocycles. The third kappa shape index (κ3) is 1.93. The molecule has 0 unspecified atom stereocenters. The van der Waals surface area contributed by atoms with Gasteiger partial charge < -0.3 is 9.84 Å². The van der Waals surface area contributed by atoms with Crippen LogP contribution in [0.5, 0.6) is 0 Å². The molecule has 74 valence electrons. The second kappa shape index (κ2) is 4.23. The number of aryl methyl sites for hydroxylation is 1. The Balaban J connectivity index is 1.98. The smallest absolute Gasteiger partial charge is 0.159 e. The van der Waals surface area contributed by atoms with Crippen LogP contribution in [0.2, 0.25) is 0 Å². The van der Waals surface area contributed by atoms with Gasteiger partial charge in [0.25, 0.3) is 0 Å². The molecule has 14 heavy (non-hydrogen) atoms. The molecule has 0 aliphatic carbocycles. The molecule has 5 heteroatoms. The molecule has 0 saturated heterocycles. The zero-order chi connectivity index (χ0) is 9.80. The molecular weight excluding hydrogens is 198 g/mol. The summed E-state index contributed by atoms with van der Waals surface area (Å²) in [4.78, 5) is 4.18. The average molecular weight is 209 g/mol. The van der Waals surface area contributed by atoms with E-state index in [1.165, 1.54) is 0 Å². The number of nitrogens with one attached hydrogen (secondary N) is 1. The molecule has 4 nitrogen and oxygen atoms in total. The van der Waals surface area contributed by atoms with E-state index in [4.69, 9.17) is 4.52 Å². The zero-order valence-electron chi connectivity index (χ0n) is 7.86. The van der Waals surface area contributed by atoms with E-state index < -0.39 is 0 Å². The minimum absolute atomic E-state index is 0.720. The lowest BCUT2D eigenvalue weighted by molar-refractivity contribution is 0.387. The number of hydrogen-bond acceptors (Lipinski definition) is 5. The summed E-state index contributed by atoms with van der Waals surface area (Å²) in [5, 5.41) is 8.99. The highest BCUT2D eigenvalue weighted by Gasteiger charge is 2.05. The Hall–Kier alpha value is -1.36. The lowest BCUT2D eigenvalue weighted by atomic mass is 10.3. The lowest BCUT2D eigenvalue weighted by Crippen LogP contribution is -2.00. The van der Waals surface area contributed by atoms with Crippen molar-refractivity contribution in [2.24, 2.45) is 0 Å². The Bertz CT molecular complexity index is 382. The summed E-state index contributed by atoms with van der Waals surface area (Å²) >= 11 is 1.60. The molecule has 2 aromatic rings. The first-order valence-corrected chi connectivity index (χ1v) is 5.39. The molecule has 0 aromatic carbocycles. The normalized spacial score (nSPS) is 10.4. The number of aromatic nitrogens is 2. The first kappa shape index (κ1) is 9.21. The predicted molar refractivity (Wildman–Crippen MR) is 55.3 cm³/mol. The van der Waals surface area contributed by atoms with E-state index in [-0.39, 0.29) is 0 Å². The minimum Gasteiger partial charge on any atom is -0.375 e. The van der Waals surface area contributed by atoms with E-state index in [0.717, 1.165) is 30.1 Å². The third-order valence-electron chi connectivity index (χ3n) is 1.91. The summed E-state index contributed by atoms with van der Waals surface area (Å²) in [6.45, 7) is 2.76. The molecule has 1 N–H and O–H groups in total. The quantitative estimate of drug-likeness (QED) is 0.839. The fourth-order valence-electron chi connectivity index (χ4n) is 1.17. The largest absolute Gasteiger partial charge is 0.375 e. The molecule has 0 bridgehead atoms. The van der Waals surface area contributed by atoms with Crippen molar-refractivity contribution < 1.29 is 4.52 Å². The van der Waals surface area contributed by atoms with Crippen LogP contribution in [-0.2, 0) is 13.0 Å². The van der Waals surface area contributed by atoms with Crippen LogP contribution in [0.3, 0.4) is 0 Å². The number of rotatable bonds is 4. The van der Waals surface area contributed by atoms with Gasteiger partial charge in [0.2, 0.25) is 0 Å². The van der Waals surface area contributed by atoms with Gasteiger partial charge in [0.15, 0.2) is 5.76 Å². The summed E-state index contributed by atoms with van der Waals surface area (Å²) in [7, 11) is 0. The Morgan fingerprint density at radius 2 is 2.50 bits per heavy atom. The van der Waals surface area contributed by atoms with Gasteiger partial charge in [0, 0.05) is 11.8 Å². The van der Waals surface area contributed by atoms with Gasteiger partial charge in [-0.25, -0.2) is 4.98 Å². The fraction of sp³-hybridized carbons (Fsp3) is 0.333. The van der Waals surface area contributed by atoms with Crippen LogP contribution in [0.15, 0.2) is 21.6 Å². The molecule has 0 spiro atoms. The predicted octanol–water partition coefficient (Wildman–Crippen LogP) is 2.31. The molecule has 0 radical (unpaired) electrons. The first-order valence-electron chi connectivity index (χ1n) is 4.44. The monoisotopic (exact) mass is 209 g/mol. The zero-order valence-corrected chi connectivity index (χ0v) is 8.67. The van der Waals surface area contributed by atoms with Gasteiger partial charge in [-0.2, -0.15) is 0 Å². The van der Waals surface area contributed by atoms with E-state index in [2.05, 4.69) is 15.5 Å². The highest BCUT2D eigenvalue weighted by atomic mass is 32.1. The van der Waals surface area contributed by atoms with Crippen molar-refractivity contribution in [3.63, 3.8) is 0 Å². The number of thiazole rings is 1. The minimum atomic E-state index is 0.720. The Morgan fingerprint density at radius 3 is 3.21 bits per heavy atom. The molecule has 2 rings (SSSR count). The van der Waals surface area contributed by atoms with E-state index in [1.54, 1.807) is 17.5 Å². The summed E-state index contributed by atoms with van der Waals surface area (Å²) in [6, 6.07) is 0. The number of nitrogens with zero attached hydrogens (tertiary/aromatic N) is 2. The SMILES string of the molecule is CCc1oncc1NCc1cscn1. The van der Waals surface area contributed by atoms with Gasteiger partial charge in [-0.15, -0.1) is 11.3 Å². The van der Waals surface area contributed by atoms with E-state index in [9.17, 15) is 0 Å². The van der Waals surface area contributed by atoms with Crippen molar-refractivity contribution in [2.75, 3.05) is 5.32 Å². The highest BCUT2D eigenvalue weighted by molar-refractivity contribution is 7.07. The number of anilines is 1. The average Bonchev–Trinajstić information content (AvgIpc) is 2.85. The maximum Gasteiger partial charge on any atom is 0.159 e.